The standard InChI is InChI=1S/C17H20FN3O2/c1-12-9-19-20-17(12)13-3-2-8-21(10-13)16(22)11-23-15-6-4-14(18)5-7-15/h4-7,9,13H,2-3,8,10-11H2,1H3,(H,19,20)/t13-/m1/s1. The molecule has 0 spiro atoms. The summed E-state index contributed by atoms with van der Waals surface area (Å²) in [4.78, 5) is 14.2. The number of halogens is 1. The maximum absolute atomic E-state index is 12.8. The normalized spacial score (nSPS) is 18.0. The van der Waals surface area contributed by atoms with Gasteiger partial charge in [0, 0.05) is 24.7 Å². The molecular weight excluding hydrogens is 297 g/mol. The largest absolute Gasteiger partial charge is 0.484 e. The van der Waals surface area contributed by atoms with Crippen molar-refractivity contribution in [3.05, 3.63) is 47.5 Å². The van der Waals surface area contributed by atoms with E-state index in [4.69, 9.17) is 4.74 Å². The van der Waals surface area contributed by atoms with Gasteiger partial charge in [-0.25, -0.2) is 4.39 Å². The van der Waals surface area contributed by atoms with E-state index < -0.39 is 0 Å². The van der Waals surface area contributed by atoms with Crippen molar-refractivity contribution in [3.63, 3.8) is 0 Å². The molecule has 6 heteroatoms. The van der Waals surface area contributed by atoms with Gasteiger partial charge < -0.3 is 9.64 Å². The number of rotatable bonds is 4. The van der Waals surface area contributed by atoms with Crippen LogP contribution in [0, 0.1) is 12.7 Å². The molecule has 0 unspecified atom stereocenters. The van der Waals surface area contributed by atoms with Crippen LogP contribution in [0.4, 0.5) is 4.39 Å². The molecule has 5 nitrogen and oxygen atoms in total. The lowest BCUT2D eigenvalue weighted by molar-refractivity contribution is -0.134. The maximum Gasteiger partial charge on any atom is 0.260 e. The second kappa shape index (κ2) is 6.81. The molecule has 1 saturated heterocycles. The zero-order valence-electron chi connectivity index (χ0n) is 13.1. The van der Waals surface area contributed by atoms with E-state index in [1.54, 1.807) is 0 Å². The SMILES string of the molecule is Cc1cn[nH]c1[C@@H]1CCCN(C(=O)COc2ccc(F)cc2)C1. The van der Waals surface area contributed by atoms with Gasteiger partial charge in [0.2, 0.25) is 0 Å². The highest BCUT2D eigenvalue weighted by Gasteiger charge is 2.26. The summed E-state index contributed by atoms with van der Waals surface area (Å²) in [6.07, 6.45) is 3.82. The van der Waals surface area contributed by atoms with Crippen LogP contribution in [0.1, 0.15) is 30.0 Å². The number of aromatic amines is 1. The number of piperidine rings is 1. The van der Waals surface area contributed by atoms with Crippen LogP contribution in [0.5, 0.6) is 5.75 Å². The van der Waals surface area contributed by atoms with Crippen molar-refractivity contribution in [3.8, 4) is 5.75 Å². The number of hydrogen-bond acceptors (Lipinski definition) is 3. The smallest absolute Gasteiger partial charge is 0.260 e. The van der Waals surface area contributed by atoms with Crippen LogP contribution in [0.3, 0.4) is 0 Å². The molecule has 1 fully saturated rings. The molecule has 1 aliphatic rings. The van der Waals surface area contributed by atoms with E-state index in [2.05, 4.69) is 10.2 Å². The fraction of sp³-hybridized carbons (Fsp3) is 0.412. The summed E-state index contributed by atoms with van der Waals surface area (Å²) in [6, 6.07) is 5.68. The van der Waals surface area contributed by atoms with Crippen molar-refractivity contribution in [2.45, 2.75) is 25.7 Å². The number of nitrogens with zero attached hydrogens (tertiary/aromatic N) is 2. The van der Waals surface area contributed by atoms with Crippen LogP contribution in [-0.2, 0) is 4.79 Å². The fourth-order valence-electron chi connectivity index (χ4n) is 2.98. The topological polar surface area (TPSA) is 58.2 Å². The lowest BCUT2D eigenvalue weighted by Gasteiger charge is -2.32. The van der Waals surface area contributed by atoms with Gasteiger partial charge in [-0.15, -0.1) is 0 Å². The minimum Gasteiger partial charge on any atom is -0.484 e. The summed E-state index contributed by atoms with van der Waals surface area (Å²) in [5, 5.41) is 7.11. The summed E-state index contributed by atoms with van der Waals surface area (Å²) in [5.41, 5.74) is 2.24. The monoisotopic (exact) mass is 317 g/mol. The highest BCUT2D eigenvalue weighted by atomic mass is 19.1. The summed E-state index contributed by atoms with van der Waals surface area (Å²) < 4.78 is 18.3. The van der Waals surface area contributed by atoms with Gasteiger partial charge in [-0.05, 0) is 49.6 Å². The summed E-state index contributed by atoms with van der Waals surface area (Å²) in [6.45, 7) is 3.42. The van der Waals surface area contributed by atoms with E-state index in [9.17, 15) is 9.18 Å². The first kappa shape index (κ1) is 15.5. The fourth-order valence-corrected chi connectivity index (χ4v) is 2.98. The Labute approximate surface area is 134 Å². The number of carbonyl (C=O) groups excluding carboxylic acids is 1. The zero-order valence-corrected chi connectivity index (χ0v) is 13.1. The van der Waals surface area contributed by atoms with E-state index in [0.29, 0.717) is 18.2 Å². The molecule has 0 radical (unpaired) electrons. The Morgan fingerprint density at radius 1 is 1.43 bits per heavy atom. The number of H-pyrrole nitrogens is 1. The first-order chi connectivity index (χ1) is 11.1. The molecule has 2 heterocycles. The van der Waals surface area contributed by atoms with Crippen LogP contribution < -0.4 is 4.74 Å². The van der Waals surface area contributed by atoms with Crippen LogP contribution in [-0.4, -0.2) is 40.7 Å². The van der Waals surface area contributed by atoms with E-state index in [0.717, 1.165) is 30.6 Å². The third-order valence-electron chi connectivity index (χ3n) is 4.23. The highest BCUT2D eigenvalue weighted by Crippen LogP contribution is 2.27. The average molecular weight is 317 g/mol. The van der Waals surface area contributed by atoms with Crippen molar-refractivity contribution in [1.82, 2.24) is 15.1 Å². The molecule has 2 aromatic rings. The van der Waals surface area contributed by atoms with Gasteiger partial charge in [0.25, 0.3) is 5.91 Å². The maximum atomic E-state index is 12.8. The van der Waals surface area contributed by atoms with Gasteiger partial charge >= 0.3 is 0 Å². The molecule has 0 saturated carbocycles. The van der Waals surface area contributed by atoms with E-state index in [1.165, 1.54) is 24.3 Å². The number of benzene rings is 1. The Morgan fingerprint density at radius 3 is 2.91 bits per heavy atom. The molecule has 1 atom stereocenters. The molecule has 1 aliphatic heterocycles. The van der Waals surface area contributed by atoms with Crippen LogP contribution >= 0.6 is 0 Å². The zero-order chi connectivity index (χ0) is 16.2. The average Bonchev–Trinajstić information content (AvgIpc) is 3.00. The predicted octanol–water partition coefficient (Wildman–Crippen LogP) is 2.64. The van der Waals surface area contributed by atoms with Crippen LogP contribution in [0.2, 0.25) is 0 Å². The third-order valence-corrected chi connectivity index (χ3v) is 4.23. The number of likely N-dealkylation sites (tertiary alicyclic amines) is 1. The highest BCUT2D eigenvalue weighted by molar-refractivity contribution is 5.78. The molecule has 1 aromatic heterocycles. The number of ether oxygens (including phenoxy) is 1. The number of amides is 1. The minimum atomic E-state index is -0.322. The molecule has 23 heavy (non-hydrogen) atoms. The lowest BCUT2D eigenvalue weighted by atomic mass is 9.93. The molecule has 0 aliphatic carbocycles. The second-order valence-corrected chi connectivity index (χ2v) is 5.89. The number of nitrogens with one attached hydrogen (secondary N) is 1. The van der Waals surface area contributed by atoms with Gasteiger partial charge in [0.15, 0.2) is 6.61 Å². The predicted molar refractivity (Wildman–Crippen MR) is 83.8 cm³/mol. The first-order valence-electron chi connectivity index (χ1n) is 7.79. The number of carbonyl (C=O) groups is 1. The molecule has 1 N–H and O–H groups in total. The van der Waals surface area contributed by atoms with Crippen molar-refractivity contribution < 1.29 is 13.9 Å². The van der Waals surface area contributed by atoms with E-state index in [-0.39, 0.29) is 18.3 Å². The van der Waals surface area contributed by atoms with Crippen molar-refractivity contribution in [1.29, 1.82) is 0 Å². The summed E-state index contributed by atoms with van der Waals surface area (Å²) in [5.74, 6) is 0.424. The van der Waals surface area contributed by atoms with Crippen LogP contribution in [0.25, 0.3) is 0 Å². The molecular formula is C17H20FN3O2. The Bertz CT molecular complexity index is 669. The minimum absolute atomic E-state index is 0.0275. The number of aromatic nitrogens is 2. The Hall–Kier alpha value is -2.37. The molecule has 1 aromatic carbocycles. The van der Waals surface area contributed by atoms with Gasteiger partial charge in [-0.2, -0.15) is 5.10 Å². The van der Waals surface area contributed by atoms with Gasteiger partial charge in [-0.1, -0.05) is 0 Å². The van der Waals surface area contributed by atoms with Gasteiger partial charge in [0.1, 0.15) is 11.6 Å². The van der Waals surface area contributed by atoms with Crippen molar-refractivity contribution in [2.75, 3.05) is 19.7 Å². The molecule has 0 bridgehead atoms. The summed E-state index contributed by atoms with van der Waals surface area (Å²) >= 11 is 0. The van der Waals surface area contributed by atoms with E-state index >= 15 is 0 Å². The lowest BCUT2D eigenvalue weighted by Crippen LogP contribution is -2.41. The van der Waals surface area contributed by atoms with Crippen LogP contribution in [0.15, 0.2) is 30.5 Å². The van der Waals surface area contributed by atoms with Gasteiger partial charge in [-0.3, -0.25) is 9.89 Å². The van der Waals surface area contributed by atoms with Gasteiger partial charge in [0.05, 0.1) is 6.20 Å². The molecule has 1 amide bonds. The molecule has 122 valence electrons. The Morgan fingerprint density at radius 2 is 2.22 bits per heavy atom. The van der Waals surface area contributed by atoms with Crippen molar-refractivity contribution >= 4 is 5.91 Å². The van der Waals surface area contributed by atoms with Crippen molar-refractivity contribution in [2.24, 2.45) is 0 Å². The quantitative estimate of drug-likeness (QED) is 0.943. The van der Waals surface area contributed by atoms with E-state index in [1.807, 2.05) is 18.0 Å². The third kappa shape index (κ3) is 3.70. The number of hydrogen-bond donors (Lipinski definition) is 1. The second-order valence-electron chi connectivity index (χ2n) is 5.89. The molecule has 3 rings (SSSR count). The summed E-state index contributed by atoms with van der Waals surface area (Å²) in [7, 11) is 0. The Balaban J connectivity index is 1.56. The number of aryl methyl sites for hydroxylation is 1. The first-order valence-corrected chi connectivity index (χ1v) is 7.79. The Kier molecular flexibility index (Phi) is 4.60.